The van der Waals surface area contributed by atoms with Gasteiger partial charge in [-0.3, -0.25) is 4.79 Å². The van der Waals surface area contributed by atoms with Crippen LogP contribution in [0, 0.1) is 5.92 Å². The molecule has 1 saturated carbocycles. The van der Waals surface area contributed by atoms with Crippen molar-refractivity contribution in [1.82, 2.24) is 5.32 Å². The van der Waals surface area contributed by atoms with Crippen LogP contribution in [0.4, 0.5) is 0 Å². The van der Waals surface area contributed by atoms with Crippen LogP contribution >= 0.6 is 0 Å². The molecule has 4 N–H and O–H groups in total. The molecule has 3 atom stereocenters. The van der Waals surface area contributed by atoms with Crippen molar-refractivity contribution in [2.45, 2.75) is 44.2 Å². The van der Waals surface area contributed by atoms with Gasteiger partial charge in [-0.2, -0.15) is 0 Å². The molecule has 0 spiro atoms. The molecule has 17 heavy (non-hydrogen) atoms. The van der Waals surface area contributed by atoms with E-state index in [2.05, 4.69) is 5.32 Å². The van der Waals surface area contributed by atoms with Crippen molar-refractivity contribution in [2.24, 2.45) is 11.7 Å². The molecular formula is C12H24N2O3. The number of methoxy groups -OCH3 is 1. The molecule has 0 bridgehead atoms. The highest BCUT2D eigenvalue weighted by molar-refractivity contribution is 5.79. The third-order valence-corrected chi connectivity index (χ3v) is 3.39. The van der Waals surface area contributed by atoms with E-state index in [-0.39, 0.29) is 24.4 Å². The Morgan fingerprint density at radius 3 is 2.82 bits per heavy atom. The van der Waals surface area contributed by atoms with E-state index in [9.17, 15) is 9.90 Å². The summed E-state index contributed by atoms with van der Waals surface area (Å²) in [4.78, 5) is 11.8. The minimum absolute atomic E-state index is 0.0288. The van der Waals surface area contributed by atoms with E-state index in [4.69, 9.17) is 10.5 Å². The molecule has 1 rings (SSSR count). The zero-order chi connectivity index (χ0) is 12.9. The SMILES string of the molecule is COCCC(C)(O)CNC(=O)C1CCCC1N. The summed E-state index contributed by atoms with van der Waals surface area (Å²) >= 11 is 0. The maximum atomic E-state index is 11.8. The number of carbonyl (C=O) groups is 1. The molecule has 100 valence electrons. The molecule has 0 aromatic rings. The van der Waals surface area contributed by atoms with Crippen LogP contribution in [0.25, 0.3) is 0 Å². The first-order chi connectivity index (χ1) is 7.96. The Morgan fingerprint density at radius 1 is 1.59 bits per heavy atom. The average Bonchev–Trinajstić information content (AvgIpc) is 2.70. The van der Waals surface area contributed by atoms with Crippen molar-refractivity contribution < 1.29 is 14.6 Å². The highest BCUT2D eigenvalue weighted by Gasteiger charge is 2.31. The normalized spacial score (nSPS) is 27.8. The first-order valence-corrected chi connectivity index (χ1v) is 6.21. The van der Waals surface area contributed by atoms with Crippen LogP contribution in [0.2, 0.25) is 0 Å². The van der Waals surface area contributed by atoms with Crippen LogP contribution in [0.15, 0.2) is 0 Å². The molecule has 1 aliphatic rings. The fourth-order valence-corrected chi connectivity index (χ4v) is 2.13. The minimum atomic E-state index is -0.922. The van der Waals surface area contributed by atoms with Gasteiger partial charge in [0.05, 0.1) is 11.5 Å². The van der Waals surface area contributed by atoms with Crippen LogP contribution < -0.4 is 11.1 Å². The number of hydrogen-bond acceptors (Lipinski definition) is 4. The number of amides is 1. The van der Waals surface area contributed by atoms with Crippen molar-refractivity contribution >= 4 is 5.91 Å². The molecule has 5 nitrogen and oxygen atoms in total. The maximum Gasteiger partial charge on any atom is 0.224 e. The predicted octanol–water partition coefficient (Wildman–Crippen LogP) is 0.0175. The van der Waals surface area contributed by atoms with Crippen molar-refractivity contribution in [1.29, 1.82) is 0 Å². The number of rotatable bonds is 6. The molecule has 0 aromatic heterocycles. The Bertz CT molecular complexity index is 256. The third kappa shape index (κ3) is 4.61. The average molecular weight is 244 g/mol. The summed E-state index contributed by atoms with van der Waals surface area (Å²) in [5, 5.41) is 12.8. The summed E-state index contributed by atoms with van der Waals surface area (Å²) in [5.41, 5.74) is 4.93. The molecule has 1 amide bonds. The van der Waals surface area contributed by atoms with Gasteiger partial charge in [0, 0.05) is 32.7 Å². The Morgan fingerprint density at radius 2 is 2.29 bits per heavy atom. The van der Waals surface area contributed by atoms with Gasteiger partial charge >= 0.3 is 0 Å². The molecule has 0 saturated heterocycles. The van der Waals surface area contributed by atoms with Crippen molar-refractivity contribution in [3.05, 3.63) is 0 Å². The van der Waals surface area contributed by atoms with Gasteiger partial charge in [-0.25, -0.2) is 0 Å². The van der Waals surface area contributed by atoms with E-state index in [1.807, 2.05) is 0 Å². The molecule has 1 fully saturated rings. The van der Waals surface area contributed by atoms with Gasteiger partial charge in [0.25, 0.3) is 0 Å². The lowest BCUT2D eigenvalue weighted by molar-refractivity contribution is -0.126. The second kappa shape index (κ2) is 6.33. The molecule has 5 heteroatoms. The van der Waals surface area contributed by atoms with Gasteiger partial charge in [-0.1, -0.05) is 6.42 Å². The smallest absolute Gasteiger partial charge is 0.224 e. The standard InChI is InChI=1S/C12H24N2O3/c1-12(16,6-7-17-2)8-14-11(15)9-4-3-5-10(9)13/h9-10,16H,3-8,13H2,1-2H3,(H,14,15). The van der Waals surface area contributed by atoms with Crippen LogP contribution in [0.1, 0.15) is 32.6 Å². The largest absolute Gasteiger partial charge is 0.388 e. The Hall–Kier alpha value is -0.650. The van der Waals surface area contributed by atoms with Gasteiger partial charge in [0.15, 0.2) is 0 Å². The molecule has 0 heterocycles. The van der Waals surface area contributed by atoms with Gasteiger partial charge in [0.2, 0.25) is 5.91 Å². The summed E-state index contributed by atoms with van der Waals surface area (Å²) in [6.45, 7) is 2.42. The van der Waals surface area contributed by atoms with E-state index < -0.39 is 5.60 Å². The molecule has 0 aliphatic heterocycles. The lowest BCUT2D eigenvalue weighted by Crippen LogP contribution is -2.45. The highest BCUT2D eigenvalue weighted by Crippen LogP contribution is 2.24. The topological polar surface area (TPSA) is 84.6 Å². The first kappa shape index (κ1) is 14.4. The van der Waals surface area contributed by atoms with Crippen LogP contribution in [0.3, 0.4) is 0 Å². The fraction of sp³-hybridized carbons (Fsp3) is 0.917. The van der Waals surface area contributed by atoms with E-state index in [1.165, 1.54) is 0 Å². The van der Waals surface area contributed by atoms with Gasteiger partial charge in [-0.15, -0.1) is 0 Å². The summed E-state index contributed by atoms with van der Waals surface area (Å²) < 4.78 is 4.91. The Balaban J connectivity index is 2.31. The lowest BCUT2D eigenvalue weighted by atomic mass is 10.0. The fourth-order valence-electron chi connectivity index (χ4n) is 2.13. The number of hydrogen-bond donors (Lipinski definition) is 3. The lowest BCUT2D eigenvalue weighted by Gasteiger charge is -2.24. The quantitative estimate of drug-likeness (QED) is 0.615. The van der Waals surface area contributed by atoms with Crippen LogP contribution in [-0.4, -0.2) is 42.9 Å². The number of carbonyl (C=O) groups excluding carboxylic acids is 1. The molecule has 0 radical (unpaired) electrons. The molecule has 1 aliphatic carbocycles. The molecule has 3 unspecified atom stereocenters. The van der Waals surface area contributed by atoms with E-state index >= 15 is 0 Å². The predicted molar refractivity (Wildman–Crippen MR) is 65.4 cm³/mol. The summed E-state index contributed by atoms with van der Waals surface area (Å²) in [6, 6.07) is -0.0288. The third-order valence-electron chi connectivity index (χ3n) is 3.39. The van der Waals surface area contributed by atoms with Crippen molar-refractivity contribution in [3.63, 3.8) is 0 Å². The highest BCUT2D eigenvalue weighted by atomic mass is 16.5. The van der Waals surface area contributed by atoms with Gasteiger partial charge in [-0.05, 0) is 19.8 Å². The number of aliphatic hydroxyl groups is 1. The molecular weight excluding hydrogens is 220 g/mol. The zero-order valence-electron chi connectivity index (χ0n) is 10.7. The monoisotopic (exact) mass is 244 g/mol. The van der Waals surface area contributed by atoms with Gasteiger partial charge < -0.3 is 20.9 Å². The zero-order valence-corrected chi connectivity index (χ0v) is 10.7. The Labute approximate surface area is 103 Å². The summed E-state index contributed by atoms with van der Waals surface area (Å²) in [5.74, 6) is -0.124. The first-order valence-electron chi connectivity index (χ1n) is 6.21. The molecule has 0 aromatic carbocycles. The second-order valence-corrected chi connectivity index (χ2v) is 5.16. The number of nitrogens with two attached hydrogens (primary N) is 1. The van der Waals surface area contributed by atoms with Crippen LogP contribution in [0.5, 0.6) is 0 Å². The minimum Gasteiger partial charge on any atom is -0.388 e. The summed E-state index contributed by atoms with van der Waals surface area (Å²) in [6.07, 6.45) is 3.28. The van der Waals surface area contributed by atoms with E-state index in [1.54, 1.807) is 14.0 Å². The van der Waals surface area contributed by atoms with Crippen LogP contribution in [-0.2, 0) is 9.53 Å². The van der Waals surface area contributed by atoms with Crippen molar-refractivity contribution in [3.8, 4) is 0 Å². The maximum absolute atomic E-state index is 11.8. The summed E-state index contributed by atoms with van der Waals surface area (Å²) in [7, 11) is 1.59. The number of ether oxygens (including phenoxy) is 1. The van der Waals surface area contributed by atoms with Crippen molar-refractivity contribution in [2.75, 3.05) is 20.3 Å². The number of nitrogens with one attached hydrogen (secondary N) is 1. The van der Waals surface area contributed by atoms with E-state index in [0.29, 0.717) is 13.0 Å². The second-order valence-electron chi connectivity index (χ2n) is 5.16. The Kier molecular flexibility index (Phi) is 5.36. The van der Waals surface area contributed by atoms with Gasteiger partial charge in [0.1, 0.15) is 0 Å². The van der Waals surface area contributed by atoms with E-state index in [0.717, 1.165) is 19.3 Å².